The smallest absolute Gasteiger partial charge is 0.250 e. The monoisotopic (exact) mass is 257 g/mol. The number of pyridine rings is 1. The highest BCUT2D eigenvalue weighted by molar-refractivity contribution is 5.26. The van der Waals surface area contributed by atoms with Crippen molar-refractivity contribution < 1.29 is 4.74 Å². The molecule has 2 rings (SSSR count). The molecule has 0 saturated carbocycles. The van der Waals surface area contributed by atoms with Crippen molar-refractivity contribution >= 4 is 0 Å². The lowest BCUT2D eigenvalue weighted by atomic mass is 10.2. The molecular formula is C16H19NO2. The molecule has 3 heteroatoms. The SMILES string of the molecule is Cc1ccc(OCCCn2c(C)cccc2=O)cc1. The summed E-state index contributed by atoms with van der Waals surface area (Å²) in [5.41, 5.74) is 2.26. The Morgan fingerprint density at radius 1 is 1.05 bits per heavy atom. The molecule has 0 atom stereocenters. The third-order valence-electron chi connectivity index (χ3n) is 3.08. The third kappa shape index (κ3) is 3.71. The molecule has 0 N–H and O–H groups in total. The maximum atomic E-state index is 11.7. The first-order chi connectivity index (χ1) is 9.16. The quantitative estimate of drug-likeness (QED) is 0.771. The van der Waals surface area contributed by atoms with Crippen LogP contribution in [-0.4, -0.2) is 11.2 Å². The van der Waals surface area contributed by atoms with E-state index < -0.39 is 0 Å². The molecule has 0 spiro atoms. The summed E-state index contributed by atoms with van der Waals surface area (Å²) in [6, 6.07) is 13.3. The number of hydrogen-bond acceptors (Lipinski definition) is 2. The van der Waals surface area contributed by atoms with Crippen molar-refractivity contribution in [2.75, 3.05) is 6.61 Å². The Hall–Kier alpha value is -2.03. The summed E-state index contributed by atoms with van der Waals surface area (Å²) in [6.45, 7) is 5.30. The third-order valence-corrected chi connectivity index (χ3v) is 3.08. The molecule has 19 heavy (non-hydrogen) atoms. The van der Waals surface area contributed by atoms with Crippen LogP contribution >= 0.6 is 0 Å². The first kappa shape index (κ1) is 13.4. The van der Waals surface area contributed by atoms with Crippen LogP contribution in [-0.2, 0) is 6.54 Å². The first-order valence-electron chi connectivity index (χ1n) is 6.53. The Bertz CT molecular complexity index is 584. The van der Waals surface area contributed by atoms with Gasteiger partial charge >= 0.3 is 0 Å². The molecule has 0 aliphatic rings. The van der Waals surface area contributed by atoms with Crippen LogP contribution in [0.15, 0.2) is 47.3 Å². The highest BCUT2D eigenvalue weighted by Gasteiger charge is 1.99. The minimum atomic E-state index is 0.0512. The predicted octanol–water partition coefficient (Wildman–Crippen LogP) is 2.93. The fourth-order valence-electron chi connectivity index (χ4n) is 1.96. The minimum Gasteiger partial charge on any atom is -0.494 e. The Morgan fingerprint density at radius 2 is 1.79 bits per heavy atom. The van der Waals surface area contributed by atoms with Gasteiger partial charge in [0, 0.05) is 18.3 Å². The molecule has 1 heterocycles. The van der Waals surface area contributed by atoms with E-state index in [0.29, 0.717) is 13.2 Å². The molecule has 0 fully saturated rings. The second-order valence-corrected chi connectivity index (χ2v) is 4.67. The van der Waals surface area contributed by atoms with Crippen LogP contribution in [0.4, 0.5) is 0 Å². The number of rotatable bonds is 5. The number of aryl methyl sites for hydroxylation is 2. The molecular weight excluding hydrogens is 238 g/mol. The summed E-state index contributed by atoms with van der Waals surface area (Å²) in [4.78, 5) is 11.7. The fourth-order valence-corrected chi connectivity index (χ4v) is 1.96. The number of aromatic nitrogens is 1. The zero-order valence-electron chi connectivity index (χ0n) is 11.4. The van der Waals surface area contributed by atoms with Crippen LogP contribution in [0.5, 0.6) is 5.75 Å². The van der Waals surface area contributed by atoms with Gasteiger partial charge in [0.05, 0.1) is 6.61 Å². The van der Waals surface area contributed by atoms with Crippen LogP contribution in [0.1, 0.15) is 17.7 Å². The molecule has 0 aliphatic carbocycles. The molecule has 0 unspecified atom stereocenters. The molecule has 2 aromatic rings. The molecule has 100 valence electrons. The molecule has 0 aliphatic heterocycles. The zero-order chi connectivity index (χ0) is 13.7. The summed E-state index contributed by atoms with van der Waals surface area (Å²) in [6.07, 6.45) is 0.818. The standard InChI is InChI=1S/C16H19NO2/c1-13-7-9-15(10-8-13)19-12-4-11-17-14(2)5-3-6-16(17)18/h3,5-10H,4,11-12H2,1-2H3. The number of benzene rings is 1. The van der Waals surface area contributed by atoms with Gasteiger partial charge in [-0.25, -0.2) is 0 Å². The van der Waals surface area contributed by atoms with Gasteiger partial charge in [-0.2, -0.15) is 0 Å². The predicted molar refractivity (Wildman–Crippen MR) is 76.7 cm³/mol. The van der Waals surface area contributed by atoms with E-state index in [9.17, 15) is 4.79 Å². The van der Waals surface area contributed by atoms with E-state index in [1.54, 1.807) is 16.7 Å². The maximum Gasteiger partial charge on any atom is 0.250 e. The number of hydrogen-bond donors (Lipinski definition) is 0. The van der Waals surface area contributed by atoms with Crippen molar-refractivity contribution in [2.45, 2.75) is 26.8 Å². The van der Waals surface area contributed by atoms with E-state index in [2.05, 4.69) is 0 Å². The lowest BCUT2D eigenvalue weighted by Gasteiger charge is -2.10. The van der Waals surface area contributed by atoms with Crippen molar-refractivity contribution in [3.8, 4) is 5.75 Å². The number of ether oxygens (including phenoxy) is 1. The van der Waals surface area contributed by atoms with Gasteiger partial charge in [0.15, 0.2) is 0 Å². The summed E-state index contributed by atoms with van der Waals surface area (Å²) in [7, 11) is 0. The fraction of sp³-hybridized carbons (Fsp3) is 0.312. The van der Waals surface area contributed by atoms with Gasteiger partial charge in [0.2, 0.25) is 0 Å². The largest absolute Gasteiger partial charge is 0.494 e. The van der Waals surface area contributed by atoms with Crippen LogP contribution in [0.2, 0.25) is 0 Å². The van der Waals surface area contributed by atoms with Crippen molar-refractivity contribution in [1.29, 1.82) is 0 Å². The van der Waals surface area contributed by atoms with Gasteiger partial charge in [-0.3, -0.25) is 4.79 Å². The van der Waals surface area contributed by atoms with Gasteiger partial charge in [-0.1, -0.05) is 23.8 Å². The normalized spacial score (nSPS) is 10.4. The van der Waals surface area contributed by atoms with Crippen molar-refractivity contribution in [3.05, 3.63) is 64.1 Å². The summed E-state index contributed by atoms with van der Waals surface area (Å²) >= 11 is 0. The van der Waals surface area contributed by atoms with Gasteiger partial charge in [0.25, 0.3) is 5.56 Å². The van der Waals surface area contributed by atoms with E-state index in [1.165, 1.54) is 5.56 Å². The highest BCUT2D eigenvalue weighted by Crippen LogP contribution is 2.11. The van der Waals surface area contributed by atoms with Crippen molar-refractivity contribution in [1.82, 2.24) is 4.57 Å². The Morgan fingerprint density at radius 3 is 2.47 bits per heavy atom. The molecule has 1 aromatic carbocycles. The maximum absolute atomic E-state index is 11.7. The van der Waals surface area contributed by atoms with Gasteiger partial charge in [-0.15, -0.1) is 0 Å². The minimum absolute atomic E-state index is 0.0512. The summed E-state index contributed by atoms with van der Waals surface area (Å²) in [5.74, 6) is 0.878. The topological polar surface area (TPSA) is 31.2 Å². The second kappa shape index (κ2) is 6.23. The van der Waals surface area contributed by atoms with E-state index >= 15 is 0 Å². The van der Waals surface area contributed by atoms with Crippen molar-refractivity contribution in [3.63, 3.8) is 0 Å². The second-order valence-electron chi connectivity index (χ2n) is 4.67. The Balaban J connectivity index is 1.84. The van der Waals surface area contributed by atoms with Gasteiger partial charge in [-0.05, 0) is 38.5 Å². The van der Waals surface area contributed by atoms with E-state index in [1.807, 2.05) is 44.2 Å². The Kier molecular flexibility index (Phi) is 4.39. The van der Waals surface area contributed by atoms with E-state index in [4.69, 9.17) is 4.74 Å². The first-order valence-corrected chi connectivity index (χ1v) is 6.53. The lowest BCUT2D eigenvalue weighted by molar-refractivity contribution is 0.300. The molecule has 0 radical (unpaired) electrons. The van der Waals surface area contributed by atoms with Gasteiger partial charge < -0.3 is 9.30 Å². The zero-order valence-corrected chi connectivity index (χ0v) is 11.4. The summed E-state index contributed by atoms with van der Waals surface area (Å²) in [5, 5.41) is 0. The van der Waals surface area contributed by atoms with Crippen LogP contribution in [0.25, 0.3) is 0 Å². The molecule has 0 amide bonds. The van der Waals surface area contributed by atoms with Crippen LogP contribution in [0.3, 0.4) is 0 Å². The molecule has 1 aromatic heterocycles. The lowest BCUT2D eigenvalue weighted by Crippen LogP contribution is -2.21. The van der Waals surface area contributed by atoms with Crippen molar-refractivity contribution in [2.24, 2.45) is 0 Å². The molecule has 3 nitrogen and oxygen atoms in total. The number of nitrogens with zero attached hydrogens (tertiary/aromatic N) is 1. The van der Waals surface area contributed by atoms with Gasteiger partial charge in [0.1, 0.15) is 5.75 Å². The van der Waals surface area contributed by atoms with Crippen LogP contribution < -0.4 is 10.3 Å². The van der Waals surface area contributed by atoms with Crippen LogP contribution in [0, 0.1) is 13.8 Å². The van der Waals surface area contributed by atoms with E-state index in [0.717, 1.165) is 17.9 Å². The molecule has 0 bridgehead atoms. The molecule has 0 saturated heterocycles. The Labute approximate surface area is 113 Å². The average Bonchev–Trinajstić information content (AvgIpc) is 2.39. The van der Waals surface area contributed by atoms with E-state index in [-0.39, 0.29) is 5.56 Å². The highest BCUT2D eigenvalue weighted by atomic mass is 16.5. The summed E-state index contributed by atoms with van der Waals surface area (Å²) < 4.78 is 7.42. The average molecular weight is 257 g/mol.